The molecule has 3 aromatic heterocycles. The quantitative estimate of drug-likeness (QED) is 0.569. The van der Waals surface area contributed by atoms with Gasteiger partial charge in [-0.1, -0.05) is 29.8 Å². The molecule has 3 heterocycles. The van der Waals surface area contributed by atoms with Gasteiger partial charge in [-0.3, -0.25) is 18.3 Å². The van der Waals surface area contributed by atoms with Gasteiger partial charge in [-0.15, -0.1) is 0 Å². The third-order valence-electron chi connectivity index (χ3n) is 4.75. The monoisotopic (exact) mass is 387 g/mol. The summed E-state index contributed by atoms with van der Waals surface area (Å²) in [7, 11) is 1.59. The van der Waals surface area contributed by atoms with Gasteiger partial charge in [0.15, 0.2) is 11.2 Å². The van der Waals surface area contributed by atoms with E-state index in [-0.39, 0.29) is 13.2 Å². The van der Waals surface area contributed by atoms with E-state index in [0.717, 1.165) is 10.3 Å². The minimum absolute atomic E-state index is 0.0515. The van der Waals surface area contributed by atoms with Crippen molar-refractivity contribution in [3.8, 4) is 0 Å². The van der Waals surface area contributed by atoms with Crippen molar-refractivity contribution in [1.29, 1.82) is 0 Å². The lowest BCUT2D eigenvalue weighted by Gasteiger charge is -2.09. The van der Waals surface area contributed by atoms with Crippen LogP contribution in [-0.2, 0) is 20.1 Å². The van der Waals surface area contributed by atoms with Crippen LogP contribution in [0.25, 0.3) is 16.9 Å². The first kappa shape index (κ1) is 17.6. The topological polar surface area (TPSA) is 86.5 Å². The van der Waals surface area contributed by atoms with E-state index < -0.39 is 11.2 Å². The summed E-state index contributed by atoms with van der Waals surface area (Å²) in [5, 5.41) is 9.79. The van der Waals surface area contributed by atoms with E-state index in [9.17, 15) is 14.7 Å². The Morgan fingerprint density at radius 2 is 1.93 bits per heavy atom. The van der Waals surface area contributed by atoms with Crippen LogP contribution >= 0.6 is 11.6 Å². The number of aromatic nitrogens is 5. The molecule has 0 fully saturated rings. The highest BCUT2D eigenvalue weighted by Crippen LogP contribution is 2.18. The summed E-state index contributed by atoms with van der Waals surface area (Å²) < 4.78 is 6.00. The zero-order chi connectivity index (χ0) is 19.3. The van der Waals surface area contributed by atoms with E-state index in [1.165, 1.54) is 4.57 Å². The van der Waals surface area contributed by atoms with Crippen LogP contribution in [0.1, 0.15) is 11.3 Å². The second-order valence-electron chi connectivity index (χ2n) is 6.42. The summed E-state index contributed by atoms with van der Waals surface area (Å²) in [6, 6.07) is 7.11. The van der Waals surface area contributed by atoms with Crippen LogP contribution in [0, 0.1) is 6.92 Å². The molecule has 0 unspecified atom stereocenters. The van der Waals surface area contributed by atoms with Crippen molar-refractivity contribution in [1.82, 2.24) is 23.1 Å². The first-order valence-electron chi connectivity index (χ1n) is 8.46. The number of aryl methyl sites for hydroxylation is 2. The van der Waals surface area contributed by atoms with Gasteiger partial charge < -0.3 is 9.67 Å². The lowest BCUT2D eigenvalue weighted by Crippen LogP contribution is -2.39. The van der Waals surface area contributed by atoms with E-state index in [2.05, 4.69) is 4.98 Å². The van der Waals surface area contributed by atoms with Crippen LogP contribution in [-0.4, -0.2) is 34.8 Å². The number of halogens is 1. The van der Waals surface area contributed by atoms with Crippen LogP contribution in [0.15, 0.2) is 40.1 Å². The van der Waals surface area contributed by atoms with Crippen molar-refractivity contribution in [2.75, 3.05) is 6.61 Å². The molecule has 0 aliphatic rings. The zero-order valence-corrected chi connectivity index (χ0v) is 15.6. The van der Waals surface area contributed by atoms with Gasteiger partial charge in [0.05, 0.1) is 13.2 Å². The van der Waals surface area contributed by atoms with Gasteiger partial charge in [0, 0.05) is 30.5 Å². The highest BCUT2D eigenvalue weighted by molar-refractivity contribution is 6.31. The molecule has 0 spiro atoms. The highest BCUT2D eigenvalue weighted by Gasteiger charge is 2.20. The van der Waals surface area contributed by atoms with Gasteiger partial charge in [-0.05, 0) is 18.6 Å². The molecule has 0 amide bonds. The second kappa shape index (κ2) is 6.40. The number of aliphatic hydroxyl groups is 1. The molecule has 9 heteroatoms. The molecule has 0 bridgehead atoms. The molecule has 0 atom stereocenters. The Bertz CT molecular complexity index is 1290. The van der Waals surface area contributed by atoms with Gasteiger partial charge in [0.2, 0.25) is 5.78 Å². The van der Waals surface area contributed by atoms with Crippen molar-refractivity contribution in [2.45, 2.75) is 20.0 Å². The maximum absolute atomic E-state index is 13.2. The molecule has 8 nitrogen and oxygen atoms in total. The molecule has 0 aliphatic heterocycles. The Hall–Kier alpha value is -2.84. The van der Waals surface area contributed by atoms with Crippen LogP contribution in [0.5, 0.6) is 0 Å². The standard InChI is InChI=1S/C18H18ClN5O3/c1-11-9-23-14-15(20-17(23)22(11)7-8-25)21(2)18(27)24(16(14)26)10-12-5-3-4-6-13(12)19/h3-6,9,25H,7-8,10H2,1-2H3. The molecule has 0 saturated heterocycles. The normalized spacial score (nSPS) is 11.7. The fourth-order valence-corrected chi connectivity index (χ4v) is 3.56. The van der Waals surface area contributed by atoms with Gasteiger partial charge in [-0.25, -0.2) is 4.79 Å². The lowest BCUT2D eigenvalue weighted by atomic mass is 10.2. The number of aliphatic hydroxyl groups excluding tert-OH is 1. The molecule has 4 aromatic rings. The number of hydrogen-bond donors (Lipinski definition) is 1. The maximum atomic E-state index is 13.2. The first-order valence-corrected chi connectivity index (χ1v) is 8.83. The van der Waals surface area contributed by atoms with Gasteiger partial charge in [0.25, 0.3) is 5.56 Å². The molecule has 1 N–H and O–H groups in total. The van der Waals surface area contributed by atoms with Crippen molar-refractivity contribution in [2.24, 2.45) is 7.05 Å². The fraction of sp³-hybridized carbons (Fsp3) is 0.278. The Morgan fingerprint density at radius 3 is 2.63 bits per heavy atom. The average Bonchev–Trinajstić information content (AvgIpc) is 3.15. The van der Waals surface area contributed by atoms with Crippen molar-refractivity contribution in [3.63, 3.8) is 0 Å². The summed E-state index contributed by atoms with van der Waals surface area (Å²) >= 11 is 6.20. The maximum Gasteiger partial charge on any atom is 0.332 e. The van der Waals surface area contributed by atoms with Crippen LogP contribution in [0.4, 0.5) is 0 Å². The Balaban J connectivity index is 2.03. The smallest absolute Gasteiger partial charge is 0.332 e. The molecular formula is C18H18ClN5O3. The Kier molecular flexibility index (Phi) is 4.16. The third-order valence-corrected chi connectivity index (χ3v) is 5.12. The molecule has 27 heavy (non-hydrogen) atoms. The second-order valence-corrected chi connectivity index (χ2v) is 6.83. The SMILES string of the molecule is Cc1cn2c3c(=O)n(Cc4ccccc4Cl)c(=O)n(C)c3nc2n1CCO. The molecule has 0 aliphatic carbocycles. The number of nitrogens with zero attached hydrogens (tertiary/aromatic N) is 5. The van der Waals surface area contributed by atoms with Crippen molar-refractivity contribution >= 4 is 28.5 Å². The largest absolute Gasteiger partial charge is 0.395 e. The van der Waals surface area contributed by atoms with E-state index in [1.807, 2.05) is 17.6 Å². The Labute approximate surface area is 158 Å². The summed E-state index contributed by atoms with van der Waals surface area (Å²) in [4.78, 5) is 30.4. The Morgan fingerprint density at radius 1 is 1.19 bits per heavy atom. The highest BCUT2D eigenvalue weighted by atomic mass is 35.5. The van der Waals surface area contributed by atoms with E-state index in [0.29, 0.717) is 34.1 Å². The van der Waals surface area contributed by atoms with E-state index >= 15 is 0 Å². The minimum Gasteiger partial charge on any atom is -0.395 e. The fourth-order valence-electron chi connectivity index (χ4n) is 3.37. The number of fused-ring (bicyclic) bond motifs is 3. The zero-order valence-electron chi connectivity index (χ0n) is 14.9. The van der Waals surface area contributed by atoms with Crippen LogP contribution in [0.2, 0.25) is 5.02 Å². The van der Waals surface area contributed by atoms with Gasteiger partial charge >= 0.3 is 5.69 Å². The molecule has 1 aromatic carbocycles. The van der Waals surface area contributed by atoms with Gasteiger partial charge in [-0.2, -0.15) is 4.98 Å². The van der Waals surface area contributed by atoms with Crippen LogP contribution in [0.3, 0.4) is 0 Å². The molecule has 0 saturated carbocycles. The number of hydrogen-bond acceptors (Lipinski definition) is 4. The van der Waals surface area contributed by atoms with E-state index in [4.69, 9.17) is 11.6 Å². The summed E-state index contributed by atoms with van der Waals surface area (Å²) in [6.07, 6.45) is 1.78. The van der Waals surface area contributed by atoms with Crippen molar-refractivity contribution < 1.29 is 5.11 Å². The average molecular weight is 388 g/mol. The van der Waals surface area contributed by atoms with Crippen LogP contribution < -0.4 is 11.2 Å². The molecule has 0 radical (unpaired) electrons. The molecule has 4 rings (SSSR count). The van der Waals surface area contributed by atoms with Crippen molar-refractivity contribution in [3.05, 3.63) is 67.6 Å². The van der Waals surface area contributed by atoms with E-state index in [1.54, 1.807) is 35.8 Å². The third kappa shape index (κ3) is 2.60. The summed E-state index contributed by atoms with van der Waals surface area (Å²) in [5.74, 6) is 0.513. The number of benzene rings is 1. The summed E-state index contributed by atoms with van der Waals surface area (Å²) in [6.45, 7) is 2.25. The minimum atomic E-state index is -0.460. The number of rotatable bonds is 4. The first-order chi connectivity index (χ1) is 12.9. The summed E-state index contributed by atoms with van der Waals surface area (Å²) in [5.41, 5.74) is 1.29. The predicted molar refractivity (Wildman–Crippen MR) is 103 cm³/mol. The lowest BCUT2D eigenvalue weighted by molar-refractivity contribution is 0.276. The van der Waals surface area contributed by atoms with Gasteiger partial charge in [0.1, 0.15) is 0 Å². The number of imidazole rings is 2. The molecular weight excluding hydrogens is 370 g/mol. The molecule has 140 valence electrons. The predicted octanol–water partition coefficient (Wildman–Crippen LogP) is 1.15.